The lowest BCUT2D eigenvalue weighted by Crippen LogP contribution is -2.35. The fourth-order valence-electron chi connectivity index (χ4n) is 1.89. The quantitative estimate of drug-likeness (QED) is 0.840. The molecule has 0 fully saturated rings. The van der Waals surface area contributed by atoms with E-state index in [1.165, 1.54) is 6.07 Å². The van der Waals surface area contributed by atoms with Crippen molar-refractivity contribution in [1.82, 2.24) is 5.32 Å². The summed E-state index contributed by atoms with van der Waals surface area (Å²) in [7, 11) is -1.01. The lowest BCUT2D eigenvalue weighted by atomic mass is 10.2. The molecule has 0 aliphatic heterocycles. The number of hydrogen-bond donors (Lipinski definition) is 2. The number of urea groups is 1. The molecule has 0 saturated carbocycles. The SMILES string of the molecule is CC(C)(C)[S@](=O)CCNC(=O)Nc1ccc2oc(=O)ccc2c1. The van der Waals surface area contributed by atoms with Crippen molar-refractivity contribution >= 4 is 33.5 Å². The van der Waals surface area contributed by atoms with Crippen molar-refractivity contribution in [1.29, 1.82) is 0 Å². The van der Waals surface area contributed by atoms with Gasteiger partial charge in [0.2, 0.25) is 0 Å². The van der Waals surface area contributed by atoms with Crippen molar-refractivity contribution in [2.24, 2.45) is 0 Å². The van der Waals surface area contributed by atoms with E-state index < -0.39 is 16.4 Å². The molecule has 0 unspecified atom stereocenters. The van der Waals surface area contributed by atoms with Crippen LogP contribution in [-0.4, -0.2) is 27.3 Å². The van der Waals surface area contributed by atoms with Gasteiger partial charge in [0, 0.05) is 45.0 Å². The molecule has 0 bridgehead atoms. The predicted molar refractivity (Wildman–Crippen MR) is 92.3 cm³/mol. The van der Waals surface area contributed by atoms with Crippen LogP contribution in [0, 0.1) is 0 Å². The number of fused-ring (bicyclic) bond motifs is 1. The fraction of sp³-hybridized carbons (Fsp3) is 0.375. The Bertz CT molecular complexity index is 793. The van der Waals surface area contributed by atoms with E-state index in [9.17, 15) is 13.8 Å². The van der Waals surface area contributed by atoms with Crippen LogP contribution in [0.5, 0.6) is 0 Å². The molecule has 2 amide bonds. The predicted octanol–water partition coefficient (Wildman–Crippen LogP) is 2.46. The summed E-state index contributed by atoms with van der Waals surface area (Å²) in [4.78, 5) is 23.0. The van der Waals surface area contributed by atoms with Gasteiger partial charge in [0.25, 0.3) is 0 Å². The first-order valence-electron chi connectivity index (χ1n) is 7.23. The number of nitrogens with one attached hydrogen (secondary N) is 2. The van der Waals surface area contributed by atoms with Crippen molar-refractivity contribution in [2.45, 2.75) is 25.5 Å². The molecule has 6 nitrogen and oxygen atoms in total. The number of benzene rings is 1. The first-order valence-corrected chi connectivity index (χ1v) is 8.55. The zero-order valence-corrected chi connectivity index (χ0v) is 14.2. The summed E-state index contributed by atoms with van der Waals surface area (Å²) in [5, 5.41) is 6.09. The van der Waals surface area contributed by atoms with Gasteiger partial charge in [-0.15, -0.1) is 0 Å². The maximum absolute atomic E-state index is 11.9. The van der Waals surface area contributed by atoms with Gasteiger partial charge in [-0.3, -0.25) is 4.21 Å². The highest BCUT2D eigenvalue weighted by Crippen LogP contribution is 2.17. The summed E-state index contributed by atoms with van der Waals surface area (Å²) in [6.07, 6.45) is 0. The minimum atomic E-state index is -1.01. The van der Waals surface area contributed by atoms with Crippen LogP contribution in [0.4, 0.5) is 10.5 Å². The molecular formula is C16H20N2O4S. The normalized spacial score (nSPS) is 12.8. The van der Waals surface area contributed by atoms with Gasteiger partial charge < -0.3 is 15.1 Å². The Kier molecular flexibility index (Phi) is 5.20. The lowest BCUT2D eigenvalue weighted by molar-refractivity contribution is 0.252. The second-order valence-electron chi connectivity index (χ2n) is 6.05. The third-order valence-corrected chi connectivity index (χ3v) is 5.07. The zero-order chi connectivity index (χ0) is 17.0. The fourth-order valence-corrected chi connectivity index (χ4v) is 2.79. The molecule has 0 saturated heterocycles. The van der Waals surface area contributed by atoms with E-state index >= 15 is 0 Å². The number of rotatable bonds is 4. The summed E-state index contributed by atoms with van der Waals surface area (Å²) in [6.45, 7) is 6.03. The molecule has 1 aromatic heterocycles. The van der Waals surface area contributed by atoms with Gasteiger partial charge in [0.1, 0.15) is 5.58 Å². The second-order valence-corrected chi connectivity index (χ2v) is 8.37. The summed E-state index contributed by atoms with van der Waals surface area (Å²) in [5.74, 6) is 0.403. The highest BCUT2D eigenvalue weighted by molar-refractivity contribution is 7.86. The van der Waals surface area contributed by atoms with Crippen LogP contribution in [0.3, 0.4) is 0 Å². The van der Waals surface area contributed by atoms with E-state index in [2.05, 4.69) is 10.6 Å². The number of hydrogen-bond acceptors (Lipinski definition) is 4. The smallest absolute Gasteiger partial charge is 0.336 e. The van der Waals surface area contributed by atoms with E-state index in [0.29, 0.717) is 23.6 Å². The molecule has 2 N–H and O–H groups in total. The number of anilines is 1. The van der Waals surface area contributed by atoms with Crippen LogP contribution >= 0.6 is 0 Å². The largest absolute Gasteiger partial charge is 0.423 e. The van der Waals surface area contributed by atoms with Gasteiger partial charge in [0.15, 0.2) is 0 Å². The van der Waals surface area contributed by atoms with E-state index in [4.69, 9.17) is 4.42 Å². The maximum Gasteiger partial charge on any atom is 0.336 e. The van der Waals surface area contributed by atoms with Gasteiger partial charge in [-0.25, -0.2) is 9.59 Å². The Balaban J connectivity index is 1.92. The van der Waals surface area contributed by atoms with Gasteiger partial charge >= 0.3 is 11.7 Å². The molecule has 124 valence electrons. The zero-order valence-electron chi connectivity index (χ0n) is 13.3. The van der Waals surface area contributed by atoms with Gasteiger partial charge in [-0.2, -0.15) is 0 Å². The first kappa shape index (κ1) is 17.2. The molecule has 0 aliphatic carbocycles. The van der Waals surface area contributed by atoms with E-state index in [-0.39, 0.29) is 10.8 Å². The van der Waals surface area contributed by atoms with Crippen LogP contribution in [0.25, 0.3) is 11.0 Å². The second kappa shape index (κ2) is 6.95. The van der Waals surface area contributed by atoms with Crippen molar-refractivity contribution in [2.75, 3.05) is 17.6 Å². The maximum atomic E-state index is 11.9. The van der Waals surface area contributed by atoms with Crippen LogP contribution < -0.4 is 16.3 Å². The van der Waals surface area contributed by atoms with Crippen molar-refractivity contribution in [3.8, 4) is 0 Å². The van der Waals surface area contributed by atoms with Gasteiger partial charge in [0.05, 0.1) is 0 Å². The molecular weight excluding hydrogens is 316 g/mol. The van der Waals surface area contributed by atoms with Crippen molar-refractivity contribution in [3.05, 3.63) is 40.8 Å². The van der Waals surface area contributed by atoms with Gasteiger partial charge in [-0.05, 0) is 45.0 Å². The number of carbonyl (C=O) groups excluding carboxylic acids is 1. The monoisotopic (exact) mass is 336 g/mol. The number of amides is 2. The highest BCUT2D eigenvalue weighted by atomic mass is 32.2. The molecule has 0 spiro atoms. The van der Waals surface area contributed by atoms with Gasteiger partial charge in [-0.1, -0.05) is 0 Å². The van der Waals surface area contributed by atoms with Crippen molar-refractivity contribution < 1.29 is 13.4 Å². The Hall–Kier alpha value is -2.15. The Labute approximate surface area is 136 Å². The number of carbonyl (C=O) groups is 1. The standard InChI is InChI=1S/C16H20N2O4S/c1-16(2,3)23(21)9-8-17-15(20)18-12-5-6-13-11(10-12)4-7-14(19)22-13/h4-7,10H,8-9H2,1-3H3,(H2,17,18,20)/t23-/m1/s1. The van der Waals surface area contributed by atoms with Crippen LogP contribution in [0.2, 0.25) is 0 Å². The molecule has 2 aromatic rings. The lowest BCUT2D eigenvalue weighted by Gasteiger charge is -2.17. The minimum absolute atomic E-state index is 0.291. The molecule has 1 aromatic carbocycles. The third-order valence-electron chi connectivity index (χ3n) is 3.13. The van der Waals surface area contributed by atoms with Crippen LogP contribution in [-0.2, 0) is 10.8 Å². The molecule has 7 heteroatoms. The highest BCUT2D eigenvalue weighted by Gasteiger charge is 2.18. The first-order chi connectivity index (χ1) is 10.8. The summed E-state index contributed by atoms with van der Waals surface area (Å²) in [6, 6.07) is 7.59. The van der Waals surface area contributed by atoms with Crippen molar-refractivity contribution in [3.63, 3.8) is 0 Å². The van der Waals surface area contributed by atoms with E-state index in [1.54, 1.807) is 24.3 Å². The average Bonchev–Trinajstić information content (AvgIpc) is 2.46. The Morgan fingerprint density at radius 1 is 1.22 bits per heavy atom. The molecule has 1 atom stereocenters. The molecule has 0 aliphatic rings. The Morgan fingerprint density at radius 3 is 2.65 bits per heavy atom. The minimum Gasteiger partial charge on any atom is -0.423 e. The summed E-state index contributed by atoms with van der Waals surface area (Å²) in [5.41, 5.74) is 0.632. The Morgan fingerprint density at radius 2 is 1.96 bits per heavy atom. The molecule has 2 rings (SSSR count). The summed E-state index contributed by atoms with van der Waals surface area (Å²) < 4.78 is 16.6. The van der Waals surface area contributed by atoms with Crippen LogP contribution in [0.1, 0.15) is 20.8 Å². The van der Waals surface area contributed by atoms with Crippen LogP contribution in [0.15, 0.2) is 39.5 Å². The third kappa shape index (κ3) is 4.92. The average molecular weight is 336 g/mol. The van der Waals surface area contributed by atoms with E-state index in [1.807, 2.05) is 20.8 Å². The summed E-state index contributed by atoms with van der Waals surface area (Å²) >= 11 is 0. The molecule has 23 heavy (non-hydrogen) atoms. The van der Waals surface area contributed by atoms with E-state index in [0.717, 1.165) is 5.39 Å². The molecule has 0 radical (unpaired) electrons. The topological polar surface area (TPSA) is 88.4 Å². The molecule has 1 heterocycles.